The number of rotatable bonds is 3. The molecule has 3 nitrogen and oxygen atoms in total. The minimum Gasteiger partial charge on any atom is -0.323 e. The SMILES string of the molecule is CC(=O)Nc1sc(Cl)cc1[C@@H]1CCCC[C@H]1[N+]1(C)CCCC1. The highest BCUT2D eigenvalue weighted by Gasteiger charge is 2.43. The first kappa shape index (κ1) is 16.3. The van der Waals surface area contributed by atoms with Gasteiger partial charge in [0.25, 0.3) is 0 Å². The van der Waals surface area contributed by atoms with E-state index in [2.05, 4.69) is 18.4 Å². The molecule has 0 unspecified atom stereocenters. The van der Waals surface area contributed by atoms with E-state index >= 15 is 0 Å². The number of amides is 1. The van der Waals surface area contributed by atoms with Crippen molar-refractivity contribution in [2.75, 3.05) is 25.5 Å². The van der Waals surface area contributed by atoms with Gasteiger partial charge in [-0.3, -0.25) is 4.79 Å². The number of likely N-dealkylation sites (N-methyl/N-ethyl adjacent to an activating group) is 1. The Morgan fingerprint density at radius 1 is 1.27 bits per heavy atom. The maximum atomic E-state index is 11.5. The lowest BCUT2D eigenvalue weighted by molar-refractivity contribution is -0.925. The summed E-state index contributed by atoms with van der Waals surface area (Å²) in [5.74, 6) is 0.524. The monoisotopic (exact) mass is 341 g/mol. The van der Waals surface area contributed by atoms with E-state index in [1.807, 2.05) is 0 Å². The highest BCUT2D eigenvalue weighted by Crippen LogP contribution is 2.46. The molecule has 1 amide bonds. The fraction of sp³-hybridized carbons (Fsp3) is 0.706. The fourth-order valence-corrected chi connectivity index (χ4v) is 5.77. The molecular formula is C17H26ClN2OS+. The lowest BCUT2D eigenvalue weighted by Crippen LogP contribution is -2.53. The zero-order chi connectivity index (χ0) is 15.7. The number of thiophene rings is 1. The summed E-state index contributed by atoms with van der Waals surface area (Å²) < 4.78 is 1.99. The van der Waals surface area contributed by atoms with E-state index in [0.717, 1.165) is 9.34 Å². The maximum Gasteiger partial charge on any atom is 0.221 e. The van der Waals surface area contributed by atoms with Gasteiger partial charge in [-0.25, -0.2) is 0 Å². The van der Waals surface area contributed by atoms with Crippen LogP contribution in [0.2, 0.25) is 4.34 Å². The summed E-state index contributed by atoms with van der Waals surface area (Å²) in [4.78, 5) is 11.5. The van der Waals surface area contributed by atoms with Crippen LogP contribution in [0.25, 0.3) is 0 Å². The van der Waals surface area contributed by atoms with E-state index in [4.69, 9.17) is 11.6 Å². The molecule has 1 aliphatic heterocycles. The number of quaternary nitrogens is 1. The van der Waals surface area contributed by atoms with Crippen LogP contribution in [0.5, 0.6) is 0 Å². The Bertz CT molecular complexity index is 551. The van der Waals surface area contributed by atoms with Crippen LogP contribution in [-0.4, -0.2) is 36.6 Å². The quantitative estimate of drug-likeness (QED) is 0.798. The predicted molar refractivity (Wildman–Crippen MR) is 93.8 cm³/mol. The average molecular weight is 342 g/mol. The van der Waals surface area contributed by atoms with Gasteiger partial charge in [-0.2, -0.15) is 0 Å². The van der Waals surface area contributed by atoms with Crippen molar-refractivity contribution in [1.82, 2.24) is 0 Å². The fourth-order valence-electron chi connectivity index (χ4n) is 4.52. The van der Waals surface area contributed by atoms with Crippen LogP contribution in [0.15, 0.2) is 6.07 Å². The molecule has 122 valence electrons. The van der Waals surface area contributed by atoms with Crippen molar-refractivity contribution < 1.29 is 9.28 Å². The van der Waals surface area contributed by atoms with E-state index in [1.165, 1.54) is 73.0 Å². The van der Waals surface area contributed by atoms with E-state index < -0.39 is 0 Å². The summed E-state index contributed by atoms with van der Waals surface area (Å²) >= 11 is 7.78. The molecule has 1 aromatic rings. The molecule has 1 saturated carbocycles. The third kappa shape index (κ3) is 3.19. The lowest BCUT2D eigenvalue weighted by atomic mass is 9.79. The number of carbonyl (C=O) groups is 1. The molecule has 1 saturated heterocycles. The number of nitrogens with one attached hydrogen (secondary N) is 1. The second kappa shape index (κ2) is 6.50. The van der Waals surface area contributed by atoms with E-state index in [1.54, 1.807) is 6.92 Å². The molecule has 3 rings (SSSR count). The van der Waals surface area contributed by atoms with Crippen molar-refractivity contribution in [3.63, 3.8) is 0 Å². The van der Waals surface area contributed by atoms with Crippen LogP contribution in [0.4, 0.5) is 5.00 Å². The summed E-state index contributed by atoms with van der Waals surface area (Å²) in [6.07, 6.45) is 7.84. The van der Waals surface area contributed by atoms with Crippen molar-refractivity contribution in [2.45, 2.75) is 57.4 Å². The van der Waals surface area contributed by atoms with Gasteiger partial charge in [0.05, 0.1) is 30.5 Å². The summed E-state index contributed by atoms with van der Waals surface area (Å²) in [5, 5.41) is 3.98. The van der Waals surface area contributed by atoms with Crippen molar-refractivity contribution in [3.05, 3.63) is 16.0 Å². The normalized spacial score (nSPS) is 27.8. The minimum absolute atomic E-state index is 0.00584. The lowest BCUT2D eigenvalue weighted by Gasteiger charge is -2.44. The third-order valence-corrected chi connectivity index (χ3v) is 6.73. The van der Waals surface area contributed by atoms with E-state index in [9.17, 15) is 4.79 Å². The van der Waals surface area contributed by atoms with Crippen molar-refractivity contribution in [1.29, 1.82) is 0 Å². The van der Waals surface area contributed by atoms with Gasteiger partial charge in [0.2, 0.25) is 5.91 Å². The molecule has 0 bridgehead atoms. The summed E-state index contributed by atoms with van der Waals surface area (Å²) in [6.45, 7) is 4.17. The molecule has 22 heavy (non-hydrogen) atoms. The third-order valence-electron chi connectivity index (χ3n) is 5.54. The zero-order valence-corrected chi connectivity index (χ0v) is 15.1. The number of halogens is 1. The number of nitrogens with zero attached hydrogens (tertiary/aromatic N) is 1. The summed E-state index contributed by atoms with van der Waals surface area (Å²) in [7, 11) is 2.43. The van der Waals surface area contributed by atoms with Crippen LogP contribution in [-0.2, 0) is 4.79 Å². The van der Waals surface area contributed by atoms with Crippen LogP contribution in [0.1, 0.15) is 56.9 Å². The zero-order valence-electron chi connectivity index (χ0n) is 13.5. The smallest absolute Gasteiger partial charge is 0.221 e. The average Bonchev–Trinajstić information content (AvgIpc) is 3.05. The number of likely N-dealkylation sites (tertiary alicyclic amines) is 1. The number of hydrogen-bond acceptors (Lipinski definition) is 2. The summed E-state index contributed by atoms with van der Waals surface area (Å²) in [5.41, 5.74) is 1.28. The van der Waals surface area contributed by atoms with Crippen molar-refractivity contribution in [3.8, 4) is 0 Å². The number of anilines is 1. The topological polar surface area (TPSA) is 29.1 Å². The largest absolute Gasteiger partial charge is 0.323 e. The Morgan fingerprint density at radius 2 is 1.95 bits per heavy atom. The molecule has 1 aliphatic carbocycles. The summed E-state index contributed by atoms with van der Waals surface area (Å²) in [6, 6.07) is 2.78. The molecule has 2 fully saturated rings. The minimum atomic E-state index is -0.00584. The maximum absolute atomic E-state index is 11.5. The van der Waals surface area contributed by atoms with Gasteiger partial charge in [0, 0.05) is 32.1 Å². The molecule has 2 heterocycles. The number of hydrogen-bond donors (Lipinski definition) is 1. The first-order chi connectivity index (χ1) is 10.5. The van der Waals surface area contributed by atoms with Crippen LogP contribution in [0.3, 0.4) is 0 Å². The second-order valence-corrected chi connectivity index (χ2v) is 8.79. The van der Waals surface area contributed by atoms with Crippen molar-refractivity contribution >= 4 is 33.8 Å². The molecule has 1 N–H and O–H groups in total. The van der Waals surface area contributed by atoms with Gasteiger partial charge in [0.15, 0.2) is 0 Å². The molecule has 2 aliphatic rings. The molecule has 1 aromatic heterocycles. The van der Waals surface area contributed by atoms with E-state index in [-0.39, 0.29) is 5.91 Å². The Labute approximate surface area is 142 Å². The van der Waals surface area contributed by atoms with Crippen LogP contribution in [0, 0.1) is 0 Å². The Hall–Kier alpha value is -0.580. The first-order valence-electron chi connectivity index (χ1n) is 8.41. The highest BCUT2D eigenvalue weighted by atomic mass is 35.5. The standard InChI is InChI=1S/C17H25ClN2OS/c1-12(21)19-17-14(11-16(18)22-17)13-7-3-4-8-15(13)20(2)9-5-6-10-20/h11,13,15H,3-10H2,1-2H3/p+1/t13-,15+/m0/s1. The Balaban J connectivity index is 1.92. The van der Waals surface area contributed by atoms with Gasteiger partial charge >= 0.3 is 0 Å². The molecule has 0 spiro atoms. The molecule has 0 aromatic carbocycles. The highest BCUT2D eigenvalue weighted by molar-refractivity contribution is 7.20. The van der Waals surface area contributed by atoms with Gasteiger partial charge in [0.1, 0.15) is 5.00 Å². The van der Waals surface area contributed by atoms with Crippen LogP contribution < -0.4 is 5.32 Å². The van der Waals surface area contributed by atoms with Crippen LogP contribution >= 0.6 is 22.9 Å². The van der Waals surface area contributed by atoms with Gasteiger partial charge in [-0.15, -0.1) is 11.3 Å². The van der Waals surface area contributed by atoms with Gasteiger partial charge in [-0.1, -0.05) is 18.0 Å². The first-order valence-corrected chi connectivity index (χ1v) is 9.60. The Kier molecular flexibility index (Phi) is 4.81. The molecular weight excluding hydrogens is 316 g/mol. The number of carbonyl (C=O) groups excluding carboxylic acids is 1. The van der Waals surface area contributed by atoms with Gasteiger partial charge < -0.3 is 9.80 Å². The van der Waals surface area contributed by atoms with Crippen molar-refractivity contribution in [2.24, 2.45) is 0 Å². The second-order valence-electron chi connectivity index (χ2n) is 7.11. The molecule has 0 radical (unpaired) electrons. The van der Waals surface area contributed by atoms with E-state index in [0.29, 0.717) is 12.0 Å². The molecule has 5 heteroatoms. The Morgan fingerprint density at radius 3 is 2.64 bits per heavy atom. The predicted octanol–water partition coefficient (Wildman–Crippen LogP) is 4.63. The molecule has 2 atom stereocenters. The van der Waals surface area contributed by atoms with Gasteiger partial charge in [-0.05, 0) is 24.5 Å².